The van der Waals surface area contributed by atoms with Gasteiger partial charge < -0.3 is 39.9 Å². The smallest absolute Gasteiger partial charge is 0.457 e. The molecule has 0 saturated heterocycles. The van der Waals surface area contributed by atoms with Crippen molar-refractivity contribution in [3.63, 3.8) is 0 Å². The third kappa shape index (κ3) is 31.9. The molecule has 0 aromatic rings. The Bertz CT molecular complexity index is 1080. The summed E-state index contributed by atoms with van der Waals surface area (Å²) in [6, 6.07) is 0. The first-order chi connectivity index (χ1) is 30.0. The lowest BCUT2D eigenvalue weighted by Gasteiger charge is -2.41. The van der Waals surface area contributed by atoms with Crippen LogP contribution in [-0.2, 0) is 27.9 Å². The van der Waals surface area contributed by atoms with Crippen LogP contribution in [0, 0.1) is 0 Å². The Morgan fingerprint density at radius 1 is 0.500 bits per heavy atom. The third-order valence-corrected chi connectivity index (χ3v) is 13.1. The van der Waals surface area contributed by atoms with E-state index in [1.54, 1.807) is 0 Å². The van der Waals surface area contributed by atoms with Crippen LogP contribution in [0.2, 0.25) is 0 Å². The molecular weight excluding hydrogens is 812 g/mol. The molecule has 6 N–H and O–H groups in total. The molecule has 13 heteroatoms. The van der Waals surface area contributed by atoms with Gasteiger partial charge in [0, 0.05) is 13.0 Å². The number of hydrogen-bond donors (Lipinski definition) is 6. The van der Waals surface area contributed by atoms with Crippen molar-refractivity contribution in [3.05, 3.63) is 12.2 Å². The molecule has 1 aliphatic rings. The molecular formula is C49H95O12P. The van der Waals surface area contributed by atoms with Gasteiger partial charge in [-0.2, -0.15) is 0 Å². The normalized spacial score (nSPS) is 22.0. The lowest BCUT2D eigenvalue weighted by Crippen LogP contribution is -2.64. The molecule has 0 aromatic carbocycles. The number of rotatable bonds is 44. The number of carbonyl (C=O) groups excluding carboxylic acids is 1. The highest BCUT2D eigenvalue weighted by Crippen LogP contribution is 2.47. The first kappa shape index (κ1) is 59.1. The maximum absolute atomic E-state index is 12.8. The van der Waals surface area contributed by atoms with Crippen molar-refractivity contribution in [1.82, 2.24) is 0 Å². The molecule has 0 aliphatic heterocycles. The number of esters is 1. The van der Waals surface area contributed by atoms with Gasteiger partial charge in [-0.25, -0.2) is 4.57 Å². The summed E-state index contributed by atoms with van der Waals surface area (Å²) in [6.45, 7) is 4.28. The molecule has 0 heterocycles. The number of unbranched alkanes of at least 4 members (excludes halogenated alkanes) is 30. The number of ether oxygens (including phenoxy) is 2. The van der Waals surface area contributed by atoms with Crippen molar-refractivity contribution < 1.29 is 58.3 Å². The monoisotopic (exact) mass is 907 g/mol. The average Bonchev–Trinajstić information content (AvgIpc) is 3.26. The molecule has 1 rings (SSSR count). The van der Waals surface area contributed by atoms with E-state index >= 15 is 0 Å². The maximum atomic E-state index is 12.8. The topological polar surface area (TPSA) is 192 Å². The number of phosphoric ester groups is 1. The van der Waals surface area contributed by atoms with Crippen LogP contribution in [0.5, 0.6) is 0 Å². The Balaban J connectivity index is 2.26. The molecule has 6 atom stereocenters. The summed E-state index contributed by atoms with van der Waals surface area (Å²) in [5.41, 5.74) is 0. The molecule has 6 unspecified atom stereocenters. The quantitative estimate of drug-likeness (QED) is 0.0147. The van der Waals surface area contributed by atoms with Gasteiger partial charge in [-0.1, -0.05) is 199 Å². The second-order valence-corrected chi connectivity index (χ2v) is 19.4. The minimum atomic E-state index is -5.01. The lowest BCUT2D eigenvalue weighted by atomic mass is 9.85. The summed E-state index contributed by atoms with van der Waals surface area (Å²) >= 11 is 0. The van der Waals surface area contributed by atoms with E-state index in [1.807, 2.05) is 0 Å². The number of phosphoric acid groups is 1. The van der Waals surface area contributed by atoms with E-state index in [0.717, 1.165) is 38.5 Å². The van der Waals surface area contributed by atoms with E-state index in [4.69, 9.17) is 18.5 Å². The van der Waals surface area contributed by atoms with Crippen molar-refractivity contribution >= 4 is 13.8 Å². The Morgan fingerprint density at radius 3 is 1.27 bits per heavy atom. The van der Waals surface area contributed by atoms with Crippen LogP contribution in [0.3, 0.4) is 0 Å². The van der Waals surface area contributed by atoms with Gasteiger partial charge in [-0.15, -0.1) is 0 Å². The van der Waals surface area contributed by atoms with Crippen molar-refractivity contribution in [2.75, 3.05) is 19.8 Å². The Labute approximate surface area is 377 Å². The summed E-state index contributed by atoms with van der Waals surface area (Å²) < 4.78 is 34.2. The molecule has 368 valence electrons. The summed E-state index contributed by atoms with van der Waals surface area (Å²) in [4.78, 5) is 23.1. The van der Waals surface area contributed by atoms with Crippen LogP contribution in [0.1, 0.15) is 232 Å². The van der Waals surface area contributed by atoms with Gasteiger partial charge in [-0.05, 0) is 38.5 Å². The predicted octanol–water partition coefficient (Wildman–Crippen LogP) is 11.1. The zero-order valence-electron chi connectivity index (χ0n) is 39.4. The number of aliphatic hydroxyl groups excluding tert-OH is 5. The van der Waals surface area contributed by atoms with Crippen LogP contribution in [0.15, 0.2) is 12.2 Å². The molecule has 62 heavy (non-hydrogen) atoms. The second-order valence-electron chi connectivity index (χ2n) is 18.0. The molecule has 0 spiro atoms. The van der Waals surface area contributed by atoms with Gasteiger partial charge in [-0.3, -0.25) is 13.8 Å². The highest BCUT2D eigenvalue weighted by Gasteiger charge is 2.51. The largest absolute Gasteiger partial charge is 0.472 e. The van der Waals surface area contributed by atoms with Crippen LogP contribution >= 0.6 is 7.82 Å². The highest BCUT2D eigenvalue weighted by molar-refractivity contribution is 7.47. The molecule has 0 radical (unpaired) electrons. The average molecular weight is 907 g/mol. The summed E-state index contributed by atoms with van der Waals surface area (Å²) in [5, 5.41) is 50.2. The van der Waals surface area contributed by atoms with Crippen molar-refractivity contribution in [2.24, 2.45) is 0 Å². The van der Waals surface area contributed by atoms with Gasteiger partial charge in [0.2, 0.25) is 0 Å². The fraction of sp³-hybridized carbons (Fsp3) is 0.939. The van der Waals surface area contributed by atoms with E-state index in [9.17, 15) is 39.8 Å². The first-order valence-corrected chi connectivity index (χ1v) is 27.0. The van der Waals surface area contributed by atoms with Gasteiger partial charge in [0.15, 0.2) is 0 Å². The Hall–Kier alpha value is -0.920. The van der Waals surface area contributed by atoms with Crippen LogP contribution < -0.4 is 0 Å². The fourth-order valence-electron chi connectivity index (χ4n) is 8.06. The maximum Gasteiger partial charge on any atom is 0.472 e. The lowest BCUT2D eigenvalue weighted by molar-refractivity contribution is -0.220. The van der Waals surface area contributed by atoms with E-state index in [-0.39, 0.29) is 13.0 Å². The van der Waals surface area contributed by atoms with E-state index in [1.165, 1.54) is 167 Å². The molecule has 1 aliphatic carbocycles. The van der Waals surface area contributed by atoms with Gasteiger partial charge in [0.25, 0.3) is 0 Å². The summed E-state index contributed by atoms with van der Waals surface area (Å²) in [5.74, 6) is -0.475. The zero-order chi connectivity index (χ0) is 45.5. The standard InChI is InChI=1S/C49H95O12P/c1-3-5-7-9-11-13-15-16-17-18-19-20-21-22-23-24-25-26-27-29-31-33-35-37-39-58-40-42(60-43(50)38-36-34-32-30-28-14-12-10-8-6-4-2)41-59-62(56,57)61-49-47(54)45(52)44(51)46(53)48(49)55/h18-19,42,44-49,51-55H,3-17,20-41H2,1-2H3,(H,56,57)/b19-18-. The second kappa shape index (κ2) is 40.4. The Kier molecular flexibility index (Phi) is 38.5. The number of allylic oxidation sites excluding steroid dienone is 2. The molecule has 0 aromatic heterocycles. The molecule has 1 saturated carbocycles. The zero-order valence-corrected chi connectivity index (χ0v) is 40.3. The van der Waals surface area contributed by atoms with E-state index in [2.05, 4.69) is 26.0 Å². The first-order valence-electron chi connectivity index (χ1n) is 25.5. The van der Waals surface area contributed by atoms with Crippen molar-refractivity contribution in [1.29, 1.82) is 0 Å². The van der Waals surface area contributed by atoms with Crippen molar-refractivity contribution in [3.8, 4) is 0 Å². The van der Waals surface area contributed by atoms with Gasteiger partial charge >= 0.3 is 13.8 Å². The highest BCUT2D eigenvalue weighted by atomic mass is 31.2. The van der Waals surface area contributed by atoms with Crippen LogP contribution in [-0.4, -0.2) is 98.9 Å². The van der Waals surface area contributed by atoms with Gasteiger partial charge in [0.1, 0.15) is 42.7 Å². The minimum Gasteiger partial charge on any atom is -0.457 e. The van der Waals surface area contributed by atoms with E-state index in [0.29, 0.717) is 13.0 Å². The fourth-order valence-corrected chi connectivity index (χ4v) is 9.03. The molecule has 0 amide bonds. The SMILES string of the molecule is CCCCCCCCCC/C=C\CCCCCCCCCCCCCCOCC(COP(=O)(O)OC1C(O)C(O)C(O)C(O)C1O)OC(=O)CCCCCCCCCCCCC. The van der Waals surface area contributed by atoms with Gasteiger partial charge in [0.05, 0.1) is 13.2 Å². The predicted molar refractivity (Wildman–Crippen MR) is 249 cm³/mol. The third-order valence-electron chi connectivity index (χ3n) is 12.1. The molecule has 0 bridgehead atoms. The molecule has 1 fully saturated rings. The van der Waals surface area contributed by atoms with Crippen LogP contribution in [0.4, 0.5) is 0 Å². The summed E-state index contributed by atoms with van der Waals surface area (Å²) in [7, 11) is -5.01. The number of hydrogen-bond acceptors (Lipinski definition) is 11. The minimum absolute atomic E-state index is 0.0711. The molecule has 12 nitrogen and oxygen atoms in total. The Morgan fingerprint density at radius 2 is 0.855 bits per heavy atom. The summed E-state index contributed by atoms with van der Waals surface area (Å²) in [6.07, 6.45) is 33.0. The van der Waals surface area contributed by atoms with Crippen molar-refractivity contribution in [2.45, 2.75) is 275 Å². The number of aliphatic hydroxyl groups is 5. The number of carbonyl (C=O) groups is 1. The van der Waals surface area contributed by atoms with Crippen LogP contribution in [0.25, 0.3) is 0 Å². The van der Waals surface area contributed by atoms with E-state index < -0.39 is 63.1 Å².